The third-order valence-electron chi connectivity index (χ3n) is 8.02. The molecule has 39 heavy (non-hydrogen) atoms. The number of hydrogen-bond donors (Lipinski definition) is 2. The quantitative estimate of drug-likeness (QED) is 0.235. The summed E-state index contributed by atoms with van der Waals surface area (Å²) in [6, 6.07) is 33.6. The molecule has 192 valence electrons. The molecule has 5 heteroatoms. The number of nitrogens with zero attached hydrogens (tertiary/aromatic N) is 2. The Morgan fingerprint density at radius 1 is 0.692 bits per heavy atom. The minimum absolute atomic E-state index is 0.713. The molecule has 4 aromatic carbocycles. The number of carbonyl (C=O) groups excluding carboxylic acids is 1. The number of piperazine rings is 1. The molecule has 3 heterocycles. The number of benzene rings is 4. The van der Waals surface area contributed by atoms with Gasteiger partial charge in [0.2, 0.25) is 0 Å². The van der Waals surface area contributed by atoms with Gasteiger partial charge in [-0.25, -0.2) is 0 Å². The van der Waals surface area contributed by atoms with Crippen molar-refractivity contribution in [1.29, 1.82) is 0 Å². The summed E-state index contributed by atoms with van der Waals surface area (Å²) < 4.78 is 0. The molecule has 6 aromatic rings. The second-order valence-electron chi connectivity index (χ2n) is 10.3. The van der Waals surface area contributed by atoms with Crippen molar-refractivity contribution in [3.05, 3.63) is 115 Å². The second kappa shape index (κ2) is 9.93. The van der Waals surface area contributed by atoms with Gasteiger partial charge in [-0.3, -0.25) is 9.69 Å². The van der Waals surface area contributed by atoms with Crippen molar-refractivity contribution in [2.45, 2.75) is 6.54 Å². The first-order chi connectivity index (χ1) is 19.3. The standard InChI is InChI=1S/C34H30N4O/c39-23-26-6-1-2-7-27(26)24-12-14-25(15-13-24)34-29-8-3-4-9-31(29)36-32(34)22-37-18-20-38(21-19-37)33-11-5-10-30-28(33)16-17-35-30/h1-17,23,35-36H,18-22H2. The first kappa shape index (κ1) is 23.5. The molecule has 0 bridgehead atoms. The fraction of sp³-hybridized carbons (Fsp3) is 0.147. The highest BCUT2D eigenvalue weighted by Crippen LogP contribution is 2.35. The predicted octanol–water partition coefficient (Wildman–Crippen LogP) is 7.12. The van der Waals surface area contributed by atoms with Crippen molar-refractivity contribution in [2.24, 2.45) is 0 Å². The average Bonchev–Trinajstić information content (AvgIpc) is 3.62. The lowest BCUT2D eigenvalue weighted by molar-refractivity contribution is 0.112. The van der Waals surface area contributed by atoms with E-state index in [2.05, 4.69) is 92.6 Å². The monoisotopic (exact) mass is 510 g/mol. The number of nitrogens with one attached hydrogen (secondary N) is 2. The zero-order chi connectivity index (χ0) is 26.2. The lowest BCUT2D eigenvalue weighted by Gasteiger charge is -2.36. The second-order valence-corrected chi connectivity index (χ2v) is 10.3. The number of H-pyrrole nitrogens is 2. The van der Waals surface area contributed by atoms with Gasteiger partial charge in [0.25, 0.3) is 0 Å². The van der Waals surface area contributed by atoms with E-state index in [0.717, 1.165) is 55.7 Å². The van der Waals surface area contributed by atoms with Crippen molar-refractivity contribution in [1.82, 2.24) is 14.9 Å². The minimum atomic E-state index is 0.713. The Hall–Kier alpha value is -4.61. The number of aromatic nitrogens is 2. The first-order valence-corrected chi connectivity index (χ1v) is 13.6. The van der Waals surface area contributed by atoms with Gasteiger partial charge in [-0.1, -0.05) is 72.8 Å². The maximum atomic E-state index is 11.6. The molecule has 7 rings (SSSR count). The van der Waals surface area contributed by atoms with Crippen molar-refractivity contribution in [3.63, 3.8) is 0 Å². The van der Waals surface area contributed by atoms with Gasteiger partial charge in [0.15, 0.2) is 6.29 Å². The van der Waals surface area contributed by atoms with Crippen LogP contribution in [0.3, 0.4) is 0 Å². The van der Waals surface area contributed by atoms with Crippen LogP contribution in [0.25, 0.3) is 44.1 Å². The van der Waals surface area contributed by atoms with Gasteiger partial charge in [-0.15, -0.1) is 0 Å². The SMILES string of the molecule is O=Cc1ccccc1-c1ccc(-c2c(CN3CCN(c4cccc5[nH]ccc45)CC3)[nH]c3ccccc23)cc1. The molecule has 0 unspecified atom stereocenters. The van der Waals surface area contributed by atoms with Crippen molar-refractivity contribution in [3.8, 4) is 22.3 Å². The van der Waals surface area contributed by atoms with E-state index in [0.29, 0.717) is 5.56 Å². The molecule has 0 aliphatic carbocycles. The van der Waals surface area contributed by atoms with Crippen LogP contribution in [-0.4, -0.2) is 47.3 Å². The summed E-state index contributed by atoms with van der Waals surface area (Å²) in [4.78, 5) is 23.7. The number of anilines is 1. The van der Waals surface area contributed by atoms with Gasteiger partial charge < -0.3 is 14.9 Å². The van der Waals surface area contributed by atoms with E-state index in [-0.39, 0.29) is 0 Å². The Morgan fingerprint density at radius 3 is 2.28 bits per heavy atom. The molecule has 5 nitrogen and oxygen atoms in total. The summed E-state index contributed by atoms with van der Waals surface area (Å²) in [5.74, 6) is 0. The zero-order valence-corrected chi connectivity index (χ0v) is 21.7. The van der Waals surface area contributed by atoms with Gasteiger partial charge in [0, 0.05) is 83.2 Å². The number of carbonyl (C=O) groups is 1. The lowest BCUT2D eigenvalue weighted by atomic mass is 9.96. The van der Waals surface area contributed by atoms with E-state index in [4.69, 9.17) is 0 Å². The fourth-order valence-electron chi connectivity index (χ4n) is 6.04. The normalized spacial score (nSPS) is 14.3. The molecule has 2 N–H and O–H groups in total. The molecular formula is C34H30N4O. The van der Waals surface area contributed by atoms with Crippen LogP contribution in [0.15, 0.2) is 103 Å². The maximum Gasteiger partial charge on any atom is 0.150 e. The topological polar surface area (TPSA) is 55.1 Å². The van der Waals surface area contributed by atoms with E-state index in [9.17, 15) is 4.79 Å². The minimum Gasteiger partial charge on any atom is -0.368 e. The number of hydrogen-bond acceptors (Lipinski definition) is 3. The summed E-state index contributed by atoms with van der Waals surface area (Å²) in [6.07, 6.45) is 2.95. The molecule has 1 saturated heterocycles. The molecule has 0 amide bonds. The fourth-order valence-corrected chi connectivity index (χ4v) is 6.04. The molecule has 0 atom stereocenters. The van der Waals surface area contributed by atoms with Crippen LogP contribution in [0, 0.1) is 0 Å². The summed E-state index contributed by atoms with van der Waals surface area (Å²) in [5.41, 5.74) is 10.1. The summed E-state index contributed by atoms with van der Waals surface area (Å²) in [6.45, 7) is 4.91. The molecular weight excluding hydrogens is 480 g/mol. The third-order valence-corrected chi connectivity index (χ3v) is 8.02. The van der Waals surface area contributed by atoms with E-state index in [1.54, 1.807) is 0 Å². The number of rotatable bonds is 6. The number of para-hydroxylation sites is 1. The molecule has 0 spiro atoms. The van der Waals surface area contributed by atoms with E-state index in [1.807, 2.05) is 30.5 Å². The van der Waals surface area contributed by atoms with Crippen molar-refractivity contribution < 1.29 is 4.79 Å². The van der Waals surface area contributed by atoms with Crippen molar-refractivity contribution in [2.75, 3.05) is 31.1 Å². The van der Waals surface area contributed by atoms with Gasteiger partial charge in [-0.2, -0.15) is 0 Å². The van der Waals surface area contributed by atoms with Gasteiger partial charge >= 0.3 is 0 Å². The Bertz CT molecular complexity index is 1770. The zero-order valence-electron chi connectivity index (χ0n) is 21.7. The Labute approximate surface area is 227 Å². The highest BCUT2D eigenvalue weighted by molar-refractivity contribution is 5.98. The molecule has 0 saturated carbocycles. The van der Waals surface area contributed by atoms with Crippen LogP contribution < -0.4 is 4.90 Å². The largest absolute Gasteiger partial charge is 0.368 e. The summed E-state index contributed by atoms with van der Waals surface area (Å²) in [5, 5.41) is 2.54. The Kier molecular flexibility index (Phi) is 5.99. The van der Waals surface area contributed by atoms with Gasteiger partial charge in [0.05, 0.1) is 0 Å². The van der Waals surface area contributed by atoms with Crippen LogP contribution in [0.5, 0.6) is 0 Å². The van der Waals surface area contributed by atoms with Crippen LogP contribution >= 0.6 is 0 Å². The van der Waals surface area contributed by atoms with E-state index < -0.39 is 0 Å². The summed E-state index contributed by atoms with van der Waals surface area (Å²) >= 11 is 0. The molecule has 2 aromatic heterocycles. The van der Waals surface area contributed by atoms with Crippen LogP contribution in [0.1, 0.15) is 16.1 Å². The van der Waals surface area contributed by atoms with Gasteiger partial charge in [-0.05, 0) is 41.0 Å². The molecule has 1 aliphatic rings. The highest BCUT2D eigenvalue weighted by Gasteiger charge is 2.22. The molecule has 1 fully saturated rings. The molecule has 0 radical (unpaired) electrons. The molecule has 1 aliphatic heterocycles. The van der Waals surface area contributed by atoms with Crippen LogP contribution in [0.4, 0.5) is 5.69 Å². The van der Waals surface area contributed by atoms with E-state index in [1.165, 1.54) is 38.8 Å². The number of aromatic amines is 2. The Morgan fingerprint density at radius 2 is 1.44 bits per heavy atom. The Balaban J connectivity index is 1.15. The highest BCUT2D eigenvalue weighted by atomic mass is 16.1. The lowest BCUT2D eigenvalue weighted by Crippen LogP contribution is -2.46. The summed E-state index contributed by atoms with van der Waals surface area (Å²) in [7, 11) is 0. The van der Waals surface area contributed by atoms with Crippen LogP contribution in [0.2, 0.25) is 0 Å². The van der Waals surface area contributed by atoms with Gasteiger partial charge in [0.1, 0.15) is 0 Å². The first-order valence-electron chi connectivity index (χ1n) is 13.6. The number of aldehydes is 1. The van der Waals surface area contributed by atoms with E-state index >= 15 is 0 Å². The van der Waals surface area contributed by atoms with Crippen LogP contribution in [-0.2, 0) is 6.54 Å². The predicted molar refractivity (Wildman–Crippen MR) is 160 cm³/mol. The third kappa shape index (κ3) is 4.31. The number of fused-ring (bicyclic) bond motifs is 2. The average molecular weight is 511 g/mol. The van der Waals surface area contributed by atoms with Crippen molar-refractivity contribution >= 4 is 33.8 Å². The maximum absolute atomic E-state index is 11.6. The smallest absolute Gasteiger partial charge is 0.150 e.